The Labute approximate surface area is 218 Å². The Hall–Kier alpha value is -3.80. The van der Waals surface area contributed by atoms with Crippen molar-refractivity contribution in [2.24, 2.45) is 0 Å². The summed E-state index contributed by atoms with van der Waals surface area (Å²) in [6.45, 7) is 2.42. The fourth-order valence-corrected chi connectivity index (χ4v) is 5.81. The summed E-state index contributed by atoms with van der Waals surface area (Å²) in [4.78, 5) is 30.2. The largest absolute Gasteiger partial charge is 0.497 e. The van der Waals surface area contributed by atoms with Crippen LogP contribution in [-0.2, 0) is 4.79 Å². The van der Waals surface area contributed by atoms with Gasteiger partial charge in [-0.2, -0.15) is 0 Å². The van der Waals surface area contributed by atoms with Crippen LogP contribution in [0, 0.1) is 0 Å². The van der Waals surface area contributed by atoms with Crippen LogP contribution >= 0.6 is 0 Å². The minimum absolute atomic E-state index is 0.00193. The molecule has 0 aromatic heterocycles. The standard InChI is InChI=1S/C31H34N2O4/c1-3-37-27-16-10-9-15-26(27)32-30(34)28-24-13-7-8-14-25(24)31(35)33(22-11-5-4-6-12-22)29(28)21-17-19-23(36-2)20-18-21/h7-10,13-20,22,28-29H,3-6,11-12H2,1-2H3,(H,32,34)/t28-,29+/m0/s1. The molecule has 0 spiro atoms. The number of carbonyl (C=O) groups is 2. The van der Waals surface area contributed by atoms with Crippen LogP contribution in [0.4, 0.5) is 5.69 Å². The summed E-state index contributed by atoms with van der Waals surface area (Å²) in [5.74, 6) is 0.625. The Kier molecular flexibility index (Phi) is 7.45. The molecule has 192 valence electrons. The van der Waals surface area contributed by atoms with Gasteiger partial charge in [-0.05, 0) is 61.2 Å². The van der Waals surface area contributed by atoms with Gasteiger partial charge < -0.3 is 19.7 Å². The van der Waals surface area contributed by atoms with Gasteiger partial charge >= 0.3 is 0 Å². The Morgan fingerprint density at radius 1 is 0.946 bits per heavy atom. The second-order valence-corrected chi connectivity index (χ2v) is 9.71. The first-order valence-corrected chi connectivity index (χ1v) is 13.2. The van der Waals surface area contributed by atoms with Crippen molar-refractivity contribution in [1.29, 1.82) is 0 Å². The predicted molar refractivity (Wildman–Crippen MR) is 144 cm³/mol. The molecule has 6 nitrogen and oxygen atoms in total. The number of ether oxygens (including phenoxy) is 2. The molecule has 0 bridgehead atoms. The molecule has 0 radical (unpaired) electrons. The number of hydrogen-bond donors (Lipinski definition) is 1. The van der Waals surface area contributed by atoms with Crippen LogP contribution in [0.2, 0.25) is 0 Å². The van der Waals surface area contributed by atoms with E-state index in [0.717, 1.165) is 42.6 Å². The van der Waals surface area contributed by atoms with Crippen molar-refractivity contribution in [3.8, 4) is 11.5 Å². The smallest absolute Gasteiger partial charge is 0.254 e. The lowest BCUT2D eigenvalue weighted by molar-refractivity contribution is -0.119. The molecule has 0 saturated heterocycles. The van der Waals surface area contributed by atoms with Crippen molar-refractivity contribution in [2.45, 2.75) is 57.0 Å². The van der Waals surface area contributed by atoms with Crippen LogP contribution in [0.15, 0.2) is 72.8 Å². The number of hydrogen-bond acceptors (Lipinski definition) is 4. The fourth-order valence-electron chi connectivity index (χ4n) is 5.81. The molecule has 37 heavy (non-hydrogen) atoms. The van der Waals surface area contributed by atoms with Crippen LogP contribution < -0.4 is 14.8 Å². The molecule has 1 aliphatic carbocycles. The molecule has 5 rings (SSSR count). The van der Waals surface area contributed by atoms with Crippen LogP contribution in [-0.4, -0.2) is 36.5 Å². The molecule has 2 atom stereocenters. The van der Waals surface area contributed by atoms with Crippen molar-refractivity contribution >= 4 is 17.5 Å². The number of benzene rings is 3. The lowest BCUT2D eigenvalue weighted by Gasteiger charge is -2.46. The van der Waals surface area contributed by atoms with Crippen molar-refractivity contribution in [1.82, 2.24) is 4.90 Å². The molecule has 6 heteroatoms. The zero-order chi connectivity index (χ0) is 25.8. The van der Waals surface area contributed by atoms with Gasteiger partial charge in [0.2, 0.25) is 5.91 Å². The maximum Gasteiger partial charge on any atom is 0.254 e. The Morgan fingerprint density at radius 2 is 1.65 bits per heavy atom. The number of para-hydroxylation sites is 2. The summed E-state index contributed by atoms with van der Waals surface area (Å²) in [6, 6.07) is 22.4. The van der Waals surface area contributed by atoms with E-state index in [0.29, 0.717) is 23.6 Å². The van der Waals surface area contributed by atoms with Gasteiger partial charge in [-0.1, -0.05) is 61.7 Å². The van der Waals surface area contributed by atoms with Crippen molar-refractivity contribution < 1.29 is 19.1 Å². The van der Waals surface area contributed by atoms with E-state index < -0.39 is 12.0 Å². The predicted octanol–water partition coefficient (Wildman–Crippen LogP) is 6.35. The molecule has 1 fully saturated rings. The van der Waals surface area contributed by atoms with Gasteiger partial charge in [-0.3, -0.25) is 9.59 Å². The van der Waals surface area contributed by atoms with Crippen molar-refractivity contribution in [3.63, 3.8) is 0 Å². The summed E-state index contributed by atoms with van der Waals surface area (Å²) >= 11 is 0. The summed E-state index contributed by atoms with van der Waals surface area (Å²) < 4.78 is 11.2. The Morgan fingerprint density at radius 3 is 2.38 bits per heavy atom. The molecule has 0 unspecified atom stereocenters. The molecule has 3 aromatic rings. The Balaban J connectivity index is 1.63. The van der Waals surface area contributed by atoms with Crippen LogP contribution in [0.5, 0.6) is 11.5 Å². The van der Waals surface area contributed by atoms with Gasteiger partial charge in [-0.25, -0.2) is 0 Å². The van der Waals surface area contributed by atoms with E-state index in [2.05, 4.69) is 5.32 Å². The highest BCUT2D eigenvalue weighted by atomic mass is 16.5. The average molecular weight is 499 g/mol. The van der Waals surface area contributed by atoms with Gasteiger partial charge in [0.1, 0.15) is 11.5 Å². The van der Waals surface area contributed by atoms with E-state index in [4.69, 9.17) is 9.47 Å². The van der Waals surface area contributed by atoms with Gasteiger partial charge in [-0.15, -0.1) is 0 Å². The minimum Gasteiger partial charge on any atom is -0.497 e. The number of anilines is 1. The van der Waals surface area contributed by atoms with E-state index in [1.165, 1.54) is 6.42 Å². The zero-order valence-corrected chi connectivity index (χ0v) is 21.5. The second-order valence-electron chi connectivity index (χ2n) is 9.71. The third-order valence-electron chi connectivity index (χ3n) is 7.53. The molecule has 1 saturated carbocycles. The zero-order valence-electron chi connectivity index (χ0n) is 21.5. The molecule has 3 aromatic carbocycles. The van der Waals surface area contributed by atoms with Gasteiger partial charge in [0, 0.05) is 11.6 Å². The van der Waals surface area contributed by atoms with Crippen LogP contribution in [0.25, 0.3) is 0 Å². The van der Waals surface area contributed by atoms with E-state index in [-0.39, 0.29) is 17.9 Å². The van der Waals surface area contributed by atoms with Gasteiger partial charge in [0.15, 0.2) is 0 Å². The number of rotatable bonds is 7. The highest BCUT2D eigenvalue weighted by Gasteiger charge is 2.46. The number of amides is 2. The molecule has 2 amide bonds. The van der Waals surface area contributed by atoms with Gasteiger partial charge in [0.25, 0.3) is 5.91 Å². The lowest BCUT2D eigenvalue weighted by Crippen LogP contribution is -2.51. The number of nitrogens with zero attached hydrogens (tertiary/aromatic N) is 1. The normalized spacial score (nSPS) is 19.7. The maximum absolute atomic E-state index is 14.2. The quantitative estimate of drug-likeness (QED) is 0.412. The number of carbonyl (C=O) groups excluding carboxylic acids is 2. The molecular weight excluding hydrogens is 464 g/mol. The fraction of sp³-hybridized carbons (Fsp3) is 0.355. The second kappa shape index (κ2) is 11.1. The SMILES string of the molecule is CCOc1ccccc1NC(=O)[C@H]1c2ccccc2C(=O)N(C2CCCCC2)[C@@H]1c1ccc(OC)cc1. The molecular formula is C31H34N2O4. The lowest BCUT2D eigenvalue weighted by atomic mass is 9.77. The number of methoxy groups -OCH3 is 1. The molecule has 1 aliphatic heterocycles. The van der Waals surface area contributed by atoms with Crippen LogP contribution in [0.3, 0.4) is 0 Å². The third-order valence-corrected chi connectivity index (χ3v) is 7.53. The Bertz CT molecular complexity index is 1250. The average Bonchev–Trinajstić information content (AvgIpc) is 2.94. The summed E-state index contributed by atoms with van der Waals surface area (Å²) in [7, 11) is 1.63. The van der Waals surface area contributed by atoms with Gasteiger partial charge in [0.05, 0.1) is 31.4 Å². The first kappa shape index (κ1) is 24.9. The van der Waals surface area contributed by atoms with Crippen molar-refractivity contribution in [3.05, 3.63) is 89.5 Å². The third kappa shape index (κ3) is 4.93. The van der Waals surface area contributed by atoms with E-state index in [1.807, 2.05) is 84.6 Å². The van der Waals surface area contributed by atoms with E-state index in [9.17, 15) is 9.59 Å². The van der Waals surface area contributed by atoms with E-state index in [1.54, 1.807) is 7.11 Å². The first-order valence-electron chi connectivity index (χ1n) is 13.2. The highest BCUT2D eigenvalue weighted by molar-refractivity contribution is 6.05. The highest BCUT2D eigenvalue weighted by Crippen LogP contribution is 2.46. The number of fused-ring (bicyclic) bond motifs is 1. The number of nitrogens with one attached hydrogen (secondary N) is 1. The first-order chi connectivity index (χ1) is 18.1. The summed E-state index contributed by atoms with van der Waals surface area (Å²) in [6.07, 6.45) is 5.25. The summed E-state index contributed by atoms with van der Waals surface area (Å²) in [5.41, 5.74) is 2.91. The topological polar surface area (TPSA) is 67.9 Å². The molecule has 2 aliphatic rings. The maximum atomic E-state index is 14.2. The van der Waals surface area contributed by atoms with Crippen molar-refractivity contribution in [2.75, 3.05) is 19.0 Å². The molecule has 1 heterocycles. The minimum atomic E-state index is -0.584. The molecule has 1 N–H and O–H groups in total. The van der Waals surface area contributed by atoms with Crippen LogP contribution in [0.1, 0.15) is 72.5 Å². The monoisotopic (exact) mass is 498 g/mol. The summed E-state index contributed by atoms with van der Waals surface area (Å²) in [5, 5.41) is 3.14. The van der Waals surface area contributed by atoms with E-state index >= 15 is 0 Å².